The first-order valence-corrected chi connectivity index (χ1v) is 14.2. The van der Waals surface area contributed by atoms with Crippen molar-refractivity contribution in [1.82, 2.24) is 15.5 Å². The van der Waals surface area contributed by atoms with Crippen LogP contribution in [0.4, 0.5) is 0 Å². The number of hydrogen-bond acceptors (Lipinski definition) is 4. The van der Waals surface area contributed by atoms with Crippen LogP contribution in [0.3, 0.4) is 0 Å². The van der Waals surface area contributed by atoms with E-state index in [1.54, 1.807) is 0 Å². The van der Waals surface area contributed by atoms with Crippen molar-refractivity contribution in [2.45, 2.75) is 115 Å². The third-order valence-electron chi connectivity index (χ3n) is 7.64. The Kier molecular flexibility index (Phi) is 14.8. The molecular weight excluding hydrogens is 450 g/mol. The number of carbonyl (C=O) groups is 2. The van der Waals surface area contributed by atoms with Gasteiger partial charge in [-0.1, -0.05) is 82.6 Å². The molecule has 0 heterocycles. The van der Waals surface area contributed by atoms with Gasteiger partial charge in [0.05, 0.1) is 0 Å². The molecule has 0 spiro atoms. The molecule has 0 aromatic carbocycles. The monoisotopic (exact) mass is 511 g/mol. The number of hydrogen-bond donors (Lipinski definition) is 3. The normalized spacial score (nSPS) is 14.7. The summed E-state index contributed by atoms with van der Waals surface area (Å²) in [6, 6.07) is 0. The summed E-state index contributed by atoms with van der Waals surface area (Å²) in [4.78, 5) is 27.4. The van der Waals surface area contributed by atoms with Gasteiger partial charge in [-0.2, -0.15) is 0 Å². The van der Waals surface area contributed by atoms with E-state index in [1.165, 1.54) is 0 Å². The van der Waals surface area contributed by atoms with Gasteiger partial charge in [0, 0.05) is 52.2 Å². The van der Waals surface area contributed by atoms with Crippen LogP contribution in [0.15, 0.2) is 0 Å². The lowest BCUT2D eigenvalue weighted by molar-refractivity contribution is -0.122. The number of rotatable bonds is 18. The molecule has 0 saturated carbocycles. The average Bonchev–Trinajstić information content (AvgIpc) is 2.73. The highest BCUT2D eigenvalue weighted by Crippen LogP contribution is 2.40. The van der Waals surface area contributed by atoms with Gasteiger partial charge in [0.25, 0.3) is 0 Å². The predicted molar refractivity (Wildman–Crippen MR) is 153 cm³/mol. The lowest BCUT2D eigenvalue weighted by Crippen LogP contribution is -2.42. The van der Waals surface area contributed by atoms with Gasteiger partial charge < -0.3 is 20.6 Å². The summed E-state index contributed by atoms with van der Waals surface area (Å²) in [7, 11) is 0. The highest BCUT2D eigenvalue weighted by molar-refractivity contribution is 5.76. The van der Waals surface area contributed by atoms with Crippen LogP contribution in [0.1, 0.15) is 115 Å². The van der Waals surface area contributed by atoms with Gasteiger partial charge in [0.2, 0.25) is 11.8 Å². The van der Waals surface area contributed by atoms with Crippen molar-refractivity contribution in [3.05, 3.63) is 0 Å². The zero-order chi connectivity index (χ0) is 28.2. The second-order valence-electron chi connectivity index (χ2n) is 14.4. The van der Waals surface area contributed by atoms with Gasteiger partial charge in [0.1, 0.15) is 0 Å². The summed E-state index contributed by atoms with van der Waals surface area (Å²) in [6.07, 6.45) is 4.65. The molecule has 0 bridgehead atoms. The molecule has 6 nitrogen and oxygen atoms in total. The molecule has 0 fully saturated rings. The Morgan fingerprint density at radius 1 is 0.778 bits per heavy atom. The minimum Gasteiger partial charge on any atom is -0.396 e. The van der Waals surface area contributed by atoms with Crippen molar-refractivity contribution in [2.24, 2.45) is 27.6 Å². The van der Waals surface area contributed by atoms with Crippen molar-refractivity contribution in [2.75, 3.05) is 39.3 Å². The van der Waals surface area contributed by atoms with E-state index in [4.69, 9.17) is 0 Å². The second kappa shape index (κ2) is 15.3. The molecule has 1 atom stereocenters. The largest absolute Gasteiger partial charge is 0.396 e. The molecular formula is C30H61N3O3. The van der Waals surface area contributed by atoms with Crippen LogP contribution in [0.25, 0.3) is 0 Å². The number of amides is 2. The Morgan fingerprint density at radius 3 is 1.69 bits per heavy atom. The first-order chi connectivity index (χ1) is 16.3. The van der Waals surface area contributed by atoms with E-state index in [9.17, 15) is 14.7 Å². The van der Waals surface area contributed by atoms with Crippen molar-refractivity contribution < 1.29 is 14.7 Å². The molecule has 0 aromatic rings. The third kappa shape index (κ3) is 15.9. The van der Waals surface area contributed by atoms with Gasteiger partial charge >= 0.3 is 0 Å². The Hall–Kier alpha value is -1.14. The fraction of sp³-hybridized carbons (Fsp3) is 0.933. The van der Waals surface area contributed by atoms with Crippen LogP contribution in [0, 0.1) is 27.6 Å². The summed E-state index contributed by atoms with van der Waals surface area (Å²) in [5.41, 5.74) is 0.548. The van der Waals surface area contributed by atoms with Crippen molar-refractivity contribution >= 4 is 11.8 Å². The highest BCUT2D eigenvalue weighted by Gasteiger charge is 2.34. The zero-order valence-electron chi connectivity index (χ0n) is 25.8. The fourth-order valence-corrected chi connectivity index (χ4v) is 5.15. The van der Waals surface area contributed by atoms with E-state index >= 15 is 0 Å². The van der Waals surface area contributed by atoms with E-state index in [-0.39, 0.29) is 40.1 Å². The van der Waals surface area contributed by atoms with E-state index in [0.29, 0.717) is 57.9 Å². The molecule has 0 aromatic heterocycles. The molecule has 0 aliphatic rings. The quantitative estimate of drug-likeness (QED) is 0.223. The molecule has 214 valence electrons. The third-order valence-corrected chi connectivity index (χ3v) is 7.64. The molecule has 0 saturated heterocycles. The standard InChI is InChI=1S/C30H61N3O3/c1-12-28(7,8)21-30(11,24(2)3)23-32-26(36)15-18-33(16-13-19-34)17-14-25(35)31-22-29(9,10)20-27(4,5)6/h24,34H,12-23H2,1-11H3,(H,31,35)(H,32,36). The summed E-state index contributed by atoms with van der Waals surface area (Å²) in [6.45, 7) is 28.0. The Balaban J connectivity index is 4.74. The first-order valence-electron chi connectivity index (χ1n) is 14.2. The van der Waals surface area contributed by atoms with Crippen molar-refractivity contribution in [3.63, 3.8) is 0 Å². The van der Waals surface area contributed by atoms with E-state index in [0.717, 1.165) is 19.3 Å². The minimum absolute atomic E-state index is 0.0411. The summed E-state index contributed by atoms with van der Waals surface area (Å²) in [5, 5.41) is 15.6. The minimum atomic E-state index is 0.0411. The molecule has 3 N–H and O–H groups in total. The maximum Gasteiger partial charge on any atom is 0.221 e. The summed E-state index contributed by atoms with van der Waals surface area (Å²) >= 11 is 0. The number of aliphatic hydroxyl groups excluding tert-OH is 1. The van der Waals surface area contributed by atoms with Crippen molar-refractivity contribution in [1.29, 1.82) is 0 Å². The topological polar surface area (TPSA) is 81.7 Å². The Morgan fingerprint density at radius 2 is 1.28 bits per heavy atom. The molecule has 0 aliphatic carbocycles. The molecule has 0 aliphatic heterocycles. The van der Waals surface area contributed by atoms with E-state index in [1.807, 2.05) is 0 Å². The molecule has 6 heteroatoms. The lowest BCUT2D eigenvalue weighted by Gasteiger charge is -2.40. The van der Waals surface area contributed by atoms with Gasteiger partial charge in [-0.15, -0.1) is 0 Å². The van der Waals surface area contributed by atoms with Crippen LogP contribution in [0.5, 0.6) is 0 Å². The average molecular weight is 512 g/mol. The molecule has 0 radical (unpaired) electrons. The van der Waals surface area contributed by atoms with Gasteiger partial charge in [0.15, 0.2) is 0 Å². The first kappa shape index (κ1) is 34.9. The maximum atomic E-state index is 12.7. The Bertz CT molecular complexity index is 652. The maximum absolute atomic E-state index is 12.7. The van der Waals surface area contributed by atoms with Gasteiger partial charge in [-0.3, -0.25) is 9.59 Å². The van der Waals surface area contributed by atoms with Crippen LogP contribution in [-0.2, 0) is 9.59 Å². The molecule has 36 heavy (non-hydrogen) atoms. The number of nitrogens with one attached hydrogen (secondary N) is 2. The second-order valence-corrected chi connectivity index (χ2v) is 14.4. The van der Waals surface area contributed by atoms with Gasteiger partial charge in [-0.05, 0) is 46.8 Å². The number of carbonyl (C=O) groups excluding carboxylic acids is 2. The van der Waals surface area contributed by atoms with E-state index in [2.05, 4.69) is 91.7 Å². The summed E-state index contributed by atoms with van der Waals surface area (Å²) < 4.78 is 0. The van der Waals surface area contributed by atoms with Gasteiger partial charge in [-0.25, -0.2) is 0 Å². The zero-order valence-corrected chi connectivity index (χ0v) is 25.8. The Labute approximate surface area is 223 Å². The van der Waals surface area contributed by atoms with Crippen LogP contribution < -0.4 is 10.6 Å². The van der Waals surface area contributed by atoms with Crippen LogP contribution >= 0.6 is 0 Å². The number of aliphatic hydroxyl groups is 1. The molecule has 1 unspecified atom stereocenters. The smallest absolute Gasteiger partial charge is 0.221 e. The van der Waals surface area contributed by atoms with E-state index < -0.39 is 0 Å². The SMILES string of the molecule is CCC(C)(C)CC(C)(CNC(=O)CCN(CCCO)CCC(=O)NCC(C)(C)CC(C)(C)C)C(C)C. The van der Waals surface area contributed by atoms with Crippen LogP contribution in [-0.4, -0.2) is 61.2 Å². The lowest BCUT2D eigenvalue weighted by atomic mass is 9.67. The summed E-state index contributed by atoms with van der Waals surface area (Å²) in [5.74, 6) is 0.566. The fourth-order valence-electron chi connectivity index (χ4n) is 5.15. The van der Waals surface area contributed by atoms with Crippen LogP contribution in [0.2, 0.25) is 0 Å². The number of nitrogens with zero attached hydrogens (tertiary/aromatic N) is 1. The molecule has 2 amide bonds. The molecule has 0 rings (SSSR count). The highest BCUT2D eigenvalue weighted by atomic mass is 16.3. The predicted octanol–water partition coefficient (Wildman–Crippen LogP) is 5.63. The van der Waals surface area contributed by atoms with Crippen molar-refractivity contribution in [3.8, 4) is 0 Å².